The second-order valence-corrected chi connectivity index (χ2v) is 5.08. The molecule has 0 saturated carbocycles. The van der Waals surface area contributed by atoms with E-state index in [0.717, 1.165) is 31.4 Å². The first-order valence-corrected chi connectivity index (χ1v) is 6.05. The number of likely N-dealkylation sites (tertiary alicyclic amines) is 2. The van der Waals surface area contributed by atoms with Crippen molar-refractivity contribution in [2.24, 2.45) is 0 Å². The van der Waals surface area contributed by atoms with Crippen LogP contribution in [-0.4, -0.2) is 52.2 Å². The Balaban J connectivity index is 1.69. The van der Waals surface area contributed by atoms with Gasteiger partial charge in [0.15, 0.2) is 0 Å². The van der Waals surface area contributed by atoms with Gasteiger partial charge in [-0.15, -0.1) is 0 Å². The number of hydrogen-bond donors (Lipinski definition) is 1. The zero-order chi connectivity index (χ0) is 12.0. The number of nitriles is 1. The van der Waals surface area contributed by atoms with Crippen LogP contribution in [-0.2, 0) is 0 Å². The molecular weight excluding hydrogens is 218 g/mol. The van der Waals surface area contributed by atoms with Gasteiger partial charge in [-0.2, -0.15) is 5.26 Å². The monoisotopic (exact) mass is 233 g/mol. The number of rotatable bonds is 1. The van der Waals surface area contributed by atoms with Crippen molar-refractivity contribution in [2.75, 3.05) is 13.1 Å². The van der Waals surface area contributed by atoms with Crippen molar-refractivity contribution < 1.29 is 9.90 Å². The third-order valence-electron chi connectivity index (χ3n) is 4.20. The summed E-state index contributed by atoms with van der Waals surface area (Å²) in [6.45, 7) is 1.46. The fraction of sp³-hybridized carbons (Fsp3) is 0.667. The number of carbonyl (C=O) groups is 1. The highest BCUT2D eigenvalue weighted by Gasteiger charge is 2.47. The molecule has 0 radical (unpaired) electrons. The molecule has 1 amide bonds. The van der Waals surface area contributed by atoms with Crippen LogP contribution in [0.2, 0.25) is 0 Å². The summed E-state index contributed by atoms with van der Waals surface area (Å²) in [5, 5.41) is 17.9. The van der Waals surface area contributed by atoms with E-state index < -0.39 is 6.09 Å². The number of fused-ring (bicyclic) bond motifs is 2. The summed E-state index contributed by atoms with van der Waals surface area (Å²) in [7, 11) is 0. The molecule has 17 heavy (non-hydrogen) atoms. The first kappa shape index (κ1) is 10.6. The van der Waals surface area contributed by atoms with Gasteiger partial charge in [0.1, 0.15) is 0 Å². The van der Waals surface area contributed by atoms with E-state index >= 15 is 0 Å². The van der Waals surface area contributed by atoms with Crippen molar-refractivity contribution in [3.05, 3.63) is 11.6 Å². The molecule has 90 valence electrons. The summed E-state index contributed by atoms with van der Waals surface area (Å²) in [5.41, 5.74) is 0.882. The summed E-state index contributed by atoms with van der Waals surface area (Å²) in [6.07, 6.45) is 4.11. The minimum Gasteiger partial charge on any atom is -0.465 e. The van der Waals surface area contributed by atoms with Gasteiger partial charge in [0, 0.05) is 36.8 Å². The fourth-order valence-corrected chi connectivity index (χ4v) is 3.40. The number of allylic oxidation sites excluding steroid dienone is 1. The average molecular weight is 233 g/mol. The highest BCUT2D eigenvalue weighted by Crippen LogP contribution is 2.35. The zero-order valence-corrected chi connectivity index (χ0v) is 9.54. The van der Waals surface area contributed by atoms with Gasteiger partial charge in [-0.05, 0) is 19.3 Å². The third-order valence-corrected chi connectivity index (χ3v) is 4.20. The van der Waals surface area contributed by atoms with Gasteiger partial charge >= 0.3 is 6.09 Å². The normalized spacial score (nSPS) is 36.1. The largest absolute Gasteiger partial charge is 0.465 e. The van der Waals surface area contributed by atoms with E-state index in [1.54, 1.807) is 4.90 Å². The number of carboxylic acid groups (broad SMARTS) is 1. The summed E-state index contributed by atoms with van der Waals surface area (Å²) >= 11 is 0. The highest BCUT2D eigenvalue weighted by atomic mass is 16.4. The molecule has 1 aliphatic carbocycles. The highest BCUT2D eigenvalue weighted by molar-refractivity contribution is 5.66. The lowest BCUT2D eigenvalue weighted by molar-refractivity contribution is 0.0919. The number of piperazine rings is 1. The Morgan fingerprint density at radius 1 is 1.47 bits per heavy atom. The fourth-order valence-electron chi connectivity index (χ4n) is 3.40. The molecule has 5 heteroatoms. The number of nitrogens with zero attached hydrogens (tertiary/aromatic N) is 3. The van der Waals surface area contributed by atoms with Crippen molar-refractivity contribution in [3.8, 4) is 6.07 Å². The van der Waals surface area contributed by atoms with E-state index in [2.05, 4.69) is 17.0 Å². The van der Waals surface area contributed by atoms with Crippen molar-refractivity contribution in [1.82, 2.24) is 9.80 Å². The lowest BCUT2D eigenvalue weighted by Gasteiger charge is -2.35. The van der Waals surface area contributed by atoms with Gasteiger partial charge in [-0.25, -0.2) is 4.79 Å². The van der Waals surface area contributed by atoms with Crippen LogP contribution in [0.3, 0.4) is 0 Å². The van der Waals surface area contributed by atoms with Gasteiger partial charge < -0.3 is 10.0 Å². The Labute approximate surface area is 99.9 Å². The molecule has 0 aromatic rings. The van der Waals surface area contributed by atoms with Gasteiger partial charge in [0.25, 0.3) is 0 Å². The molecule has 2 saturated heterocycles. The Morgan fingerprint density at radius 3 is 2.82 bits per heavy atom. The number of hydrogen-bond acceptors (Lipinski definition) is 3. The second kappa shape index (κ2) is 3.74. The maximum atomic E-state index is 11.0. The van der Waals surface area contributed by atoms with Crippen LogP contribution in [0.5, 0.6) is 0 Å². The minimum atomic E-state index is -0.795. The Kier molecular flexibility index (Phi) is 2.33. The van der Waals surface area contributed by atoms with Crippen LogP contribution in [0.25, 0.3) is 0 Å². The quantitative estimate of drug-likeness (QED) is 0.734. The van der Waals surface area contributed by atoms with E-state index in [1.165, 1.54) is 0 Å². The van der Waals surface area contributed by atoms with Crippen molar-refractivity contribution >= 4 is 6.09 Å². The molecular formula is C12H15N3O2. The SMILES string of the molecule is N#CC1=CC(N2C[C@@H]3C[C@H]2CN3C(=O)O)CC1. The van der Waals surface area contributed by atoms with E-state index in [1.807, 2.05) is 0 Å². The molecule has 2 heterocycles. The van der Waals surface area contributed by atoms with Crippen LogP contribution in [0.15, 0.2) is 11.6 Å². The minimum absolute atomic E-state index is 0.164. The van der Waals surface area contributed by atoms with Crippen molar-refractivity contribution in [1.29, 1.82) is 5.26 Å². The Hall–Kier alpha value is -1.54. The van der Waals surface area contributed by atoms with Crippen LogP contribution in [0.4, 0.5) is 4.79 Å². The molecule has 3 aliphatic rings. The van der Waals surface area contributed by atoms with Gasteiger partial charge in [0.2, 0.25) is 0 Å². The first-order chi connectivity index (χ1) is 8.19. The summed E-state index contributed by atoms with van der Waals surface area (Å²) in [4.78, 5) is 14.9. The van der Waals surface area contributed by atoms with Crippen molar-refractivity contribution in [2.45, 2.75) is 37.4 Å². The molecule has 1 unspecified atom stereocenters. The van der Waals surface area contributed by atoms with Crippen LogP contribution >= 0.6 is 0 Å². The predicted octanol–water partition coefficient (Wildman–Crippen LogP) is 1.04. The maximum Gasteiger partial charge on any atom is 0.407 e. The van der Waals surface area contributed by atoms with Crippen LogP contribution in [0.1, 0.15) is 19.3 Å². The molecule has 0 aromatic carbocycles. The molecule has 3 rings (SSSR count). The summed E-state index contributed by atoms with van der Waals surface area (Å²) in [5.74, 6) is 0. The molecule has 3 atom stereocenters. The van der Waals surface area contributed by atoms with Gasteiger partial charge in [-0.1, -0.05) is 6.08 Å². The molecule has 5 nitrogen and oxygen atoms in total. The first-order valence-electron chi connectivity index (χ1n) is 6.05. The summed E-state index contributed by atoms with van der Waals surface area (Å²) in [6, 6.07) is 3.10. The molecule has 2 fully saturated rings. The second-order valence-electron chi connectivity index (χ2n) is 5.08. The number of amides is 1. The standard InChI is InChI=1S/C12H15N3O2/c13-5-8-1-2-9(3-8)14-6-11-4-10(14)7-15(11)12(16)17/h3,9-11H,1-2,4,6-7H2,(H,16,17)/t9?,10-,11-/m0/s1. The molecule has 0 aromatic heterocycles. The molecule has 1 N–H and O–H groups in total. The van der Waals surface area contributed by atoms with E-state index in [4.69, 9.17) is 10.4 Å². The maximum absolute atomic E-state index is 11.0. The lowest BCUT2D eigenvalue weighted by Crippen LogP contribution is -2.50. The Bertz CT molecular complexity index is 426. The average Bonchev–Trinajstić information content (AvgIpc) is 3.02. The van der Waals surface area contributed by atoms with Crippen LogP contribution in [0, 0.1) is 11.3 Å². The molecule has 2 bridgehead atoms. The lowest BCUT2D eigenvalue weighted by atomic mass is 10.2. The van der Waals surface area contributed by atoms with E-state index in [-0.39, 0.29) is 6.04 Å². The Morgan fingerprint density at radius 2 is 2.29 bits per heavy atom. The molecule has 0 spiro atoms. The van der Waals surface area contributed by atoms with E-state index in [9.17, 15) is 4.79 Å². The smallest absolute Gasteiger partial charge is 0.407 e. The van der Waals surface area contributed by atoms with Crippen LogP contribution < -0.4 is 0 Å². The van der Waals surface area contributed by atoms with Gasteiger partial charge in [0.05, 0.1) is 6.07 Å². The van der Waals surface area contributed by atoms with Gasteiger partial charge in [-0.3, -0.25) is 4.90 Å². The zero-order valence-electron chi connectivity index (χ0n) is 9.54. The third kappa shape index (κ3) is 1.60. The van der Waals surface area contributed by atoms with E-state index in [0.29, 0.717) is 18.6 Å². The van der Waals surface area contributed by atoms with Crippen molar-refractivity contribution in [3.63, 3.8) is 0 Å². The molecule has 2 aliphatic heterocycles. The topological polar surface area (TPSA) is 67.6 Å². The summed E-state index contributed by atoms with van der Waals surface area (Å²) < 4.78 is 0. The predicted molar refractivity (Wildman–Crippen MR) is 60.3 cm³/mol.